The lowest BCUT2D eigenvalue weighted by atomic mass is 9.87. The van der Waals surface area contributed by atoms with Gasteiger partial charge in [-0.3, -0.25) is 0 Å². The first kappa shape index (κ1) is 14.1. The largest absolute Gasteiger partial charge is 0.465 e. The van der Waals surface area contributed by atoms with Crippen LogP contribution in [0, 0.1) is 5.82 Å². The number of hydrogen-bond acceptors (Lipinski definition) is 2. The van der Waals surface area contributed by atoms with Crippen molar-refractivity contribution in [3.8, 4) is 0 Å². The predicted octanol–water partition coefficient (Wildman–Crippen LogP) is 2.96. The average molecular weight is 288 g/mol. The van der Waals surface area contributed by atoms with Crippen molar-refractivity contribution < 1.29 is 19.0 Å². The lowest BCUT2D eigenvalue weighted by Gasteiger charge is -2.36. The minimum Gasteiger partial charge on any atom is -0.465 e. The summed E-state index contributed by atoms with van der Waals surface area (Å²) in [6.45, 7) is 0.720. The van der Waals surface area contributed by atoms with E-state index in [1.54, 1.807) is 13.2 Å². The fourth-order valence-electron chi connectivity index (χ4n) is 2.49. The zero-order chi connectivity index (χ0) is 14.0. The van der Waals surface area contributed by atoms with Crippen molar-refractivity contribution in [2.24, 2.45) is 0 Å². The molecule has 1 aromatic carbocycles. The van der Waals surface area contributed by atoms with Gasteiger partial charge in [0.15, 0.2) is 0 Å². The van der Waals surface area contributed by atoms with E-state index < -0.39 is 6.09 Å². The maximum absolute atomic E-state index is 13.1. The Morgan fingerprint density at radius 1 is 1.58 bits per heavy atom. The van der Waals surface area contributed by atoms with Gasteiger partial charge in [0.2, 0.25) is 0 Å². The van der Waals surface area contributed by atoms with Gasteiger partial charge in [0.05, 0.1) is 12.6 Å². The molecule has 4 nitrogen and oxygen atoms in total. The Hall–Kier alpha value is -1.33. The van der Waals surface area contributed by atoms with Crippen LogP contribution >= 0.6 is 11.6 Å². The normalized spacial score (nSPS) is 23.4. The van der Waals surface area contributed by atoms with E-state index in [0.717, 1.165) is 5.56 Å². The van der Waals surface area contributed by atoms with Crippen molar-refractivity contribution in [3.05, 3.63) is 34.6 Å². The van der Waals surface area contributed by atoms with E-state index >= 15 is 0 Å². The van der Waals surface area contributed by atoms with Crippen LogP contribution in [0.3, 0.4) is 0 Å². The van der Waals surface area contributed by atoms with Crippen LogP contribution in [-0.2, 0) is 4.74 Å². The van der Waals surface area contributed by atoms with Crippen LogP contribution in [0.25, 0.3) is 0 Å². The number of piperidine rings is 1. The molecule has 1 aliphatic rings. The maximum Gasteiger partial charge on any atom is 0.407 e. The predicted molar refractivity (Wildman–Crippen MR) is 69.2 cm³/mol. The summed E-state index contributed by atoms with van der Waals surface area (Å²) in [6.07, 6.45) is -0.616. The van der Waals surface area contributed by atoms with Gasteiger partial charge in [-0.25, -0.2) is 9.18 Å². The Bertz CT molecular complexity index is 483. The number of ether oxygens (including phenoxy) is 1. The van der Waals surface area contributed by atoms with Gasteiger partial charge < -0.3 is 14.7 Å². The molecule has 0 bridgehead atoms. The van der Waals surface area contributed by atoms with Gasteiger partial charge in [0.1, 0.15) is 5.82 Å². The number of halogens is 2. The van der Waals surface area contributed by atoms with Crippen molar-refractivity contribution in [1.82, 2.24) is 4.90 Å². The third-order valence-corrected chi connectivity index (χ3v) is 3.82. The van der Waals surface area contributed by atoms with Crippen molar-refractivity contribution in [2.45, 2.75) is 18.4 Å². The number of likely N-dealkylation sites (tertiary alicyclic amines) is 1. The molecule has 2 rings (SSSR count). The number of nitrogens with zero attached hydrogens (tertiary/aromatic N) is 1. The number of rotatable bonds is 2. The quantitative estimate of drug-likeness (QED) is 0.910. The molecule has 1 aromatic rings. The highest BCUT2D eigenvalue weighted by Gasteiger charge is 2.33. The second kappa shape index (κ2) is 5.75. The van der Waals surface area contributed by atoms with Gasteiger partial charge >= 0.3 is 6.09 Å². The van der Waals surface area contributed by atoms with Gasteiger partial charge in [-0.1, -0.05) is 17.7 Å². The number of hydrogen-bond donors (Lipinski definition) is 1. The maximum atomic E-state index is 13.1. The fraction of sp³-hybridized carbons (Fsp3) is 0.462. The molecule has 1 aliphatic heterocycles. The van der Waals surface area contributed by atoms with Crippen LogP contribution in [0.5, 0.6) is 0 Å². The summed E-state index contributed by atoms with van der Waals surface area (Å²) in [7, 11) is 1.54. The van der Waals surface area contributed by atoms with E-state index in [1.165, 1.54) is 17.0 Å². The molecule has 2 atom stereocenters. The first-order valence-corrected chi connectivity index (χ1v) is 6.36. The second-order valence-electron chi connectivity index (χ2n) is 4.56. The zero-order valence-electron chi connectivity index (χ0n) is 10.5. The number of carbonyl (C=O) groups is 1. The fourth-order valence-corrected chi connectivity index (χ4v) is 2.79. The molecular formula is C13H15ClFNO3. The Labute approximate surface area is 115 Å². The molecule has 1 amide bonds. The van der Waals surface area contributed by atoms with Gasteiger partial charge in [0.25, 0.3) is 0 Å². The van der Waals surface area contributed by atoms with Crippen molar-refractivity contribution in [2.75, 3.05) is 20.2 Å². The molecule has 1 fully saturated rings. The van der Waals surface area contributed by atoms with Gasteiger partial charge in [0, 0.05) is 24.6 Å². The van der Waals surface area contributed by atoms with Crippen molar-refractivity contribution in [3.63, 3.8) is 0 Å². The van der Waals surface area contributed by atoms with E-state index in [4.69, 9.17) is 21.4 Å². The average Bonchev–Trinajstić information content (AvgIpc) is 2.38. The molecule has 1 heterocycles. The molecule has 0 aliphatic carbocycles. The number of benzene rings is 1. The minimum atomic E-state index is -0.953. The Kier molecular flexibility index (Phi) is 4.27. The van der Waals surface area contributed by atoms with E-state index in [2.05, 4.69) is 0 Å². The molecule has 0 radical (unpaired) electrons. The van der Waals surface area contributed by atoms with Crippen LogP contribution in [0.2, 0.25) is 5.02 Å². The molecule has 0 aromatic heterocycles. The molecule has 1 saturated heterocycles. The third kappa shape index (κ3) is 2.98. The van der Waals surface area contributed by atoms with E-state index in [0.29, 0.717) is 24.5 Å². The second-order valence-corrected chi connectivity index (χ2v) is 4.97. The third-order valence-electron chi connectivity index (χ3n) is 3.49. The van der Waals surface area contributed by atoms with Crippen molar-refractivity contribution >= 4 is 17.7 Å². The first-order chi connectivity index (χ1) is 9.02. The number of carboxylic acid groups (broad SMARTS) is 1. The molecule has 1 N–H and O–H groups in total. The van der Waals surface area contributed by atoms with Gasteiger partial charge in [-0.05, 0) is 24.1 Å². The van der Waals surface area contributed by atoms with E-state index in [-0.39, 0.29) is 17.8 Å². The van der Waals surface area contributed by atoms with Crippen LogP contribution in [0.4, 0.5) is 9.18 Å². The van der Waals surface area contributed by atoms with Crippen LogP contribution < -0.4 is 0 Å². The Balaban J connectivity index is 2.22. The summed E-state index contributed by atoms with van der Waals surface area (Å²) in [5, 5.41) is 9.35. The molecule has 0 unspecified atom stereocenters. The lowest BCUT2D eigenvalue weighted by molar-refractivity contribution is 0.0178. The molecule has 104 valence electrons. The van der Waals surface area contributed by atoms with Crippen LogP contribution in [0.1, 0.15) is 17.9 Å². The molecule has 0 saturated carbocycles. The minimum absolute atomic E-state index is 0.0197. The standard InChI is InChI=1S/C13H15ClFNO3/c1-19-12-7-16(13(17)18)5-4-10(12)9-3-2-8(15)6-11(9)14/h2-3,6,10,12H,4-5,7H2,1H3,(H,17,18)/t10-,12+/m1/s1. The molecule has 0 spiro atoms. The van der Waals surface area contributed by atoms with Crippen LogP contribution in [-0.4, -0.2) is 42.4 Å². The summed E-state index contributed by atoms with van der Waals surface area (Å²) in [5.74, 6) is -0.403. The summed E-state index contributed by atoms with van der Waals surface area (Å²) < 4.78 is 18.4. The summed E-state index contributed by atoms with van der Waals surface area (Å²) in [6, 6.07) is 4.27. The highest BCUT2D eigenvalue weighted by atomic mass is 35.5. The van der Waals surface area contributed by atoms with Crippen LogP contribution in [0.15, 0.2) is 18.2 Å². The van der Waals surface area contributed by atoms with Gasteiger partial charge in [-0.15, -0.1) is 0 Å². The summed E-state index contributed by atoms with van der Waals surface area (Å²) in [4.78, 5) is 12.3. The highest BCUT2D eigenvalue weighted by Crippen LogP contribution is 2.34. The molecule has 19 heavy (non-hydrogen) atoms. The highest BCUT2D eigenvalue weighted by molar-refractivity contribution is 6.31. The number of methoxy groups -OCH3 is 1. The lowest BCUT2D eigenvalue weighted by Crippen LogP contribution is -2.46. The Morgan fingerprint density at radius 2 is 2.32 bits per heavy atom. The number of amides is 1. The van der Waals surface area contributed by atoms with E-state index in [9.17, 15) is 9.18 Å². The monoisotopic (exact) mass is 287 g/mol. The Morgan fingerprint density at radius 3 is 2.89 bits per heavy atom. The van der Waals surface area contributed by atoms with Crippen molar-refractivity contribution in [1.29, 1.82) is 0 Å². The smallest absolute Gasteiger partial charge is 0.407 e. The first-order valence-electron chi connectivity index (χ1n) is 5.98. The summed E-state index contributed by atoms with van der Waals surface area (Å²) >= 11 is 6.06. The van der Waals surface area contributed by atoms with E-state index in [1.807, 2.05) is 0 Å². The topological polar surface area (TPSA) is 49.8 Å². The summed E-state index contributed by atoms with van der Waals surface area (Å²) in [5.41, 5.74) is 0.806. The SMILES string of the molecule is CO[C@H]1CN(C(=O)O)CC[C@@H]1c1ccc(F)cc1Cl. The zero-order valence-corrected chi connectivity index (χ0v) is 11.2. The molecule has 6 heteroatoms. The van der Waals surface area contributed by atoms with Gasteiger partial charge in [-0.2, -0.15) is 0 Å². The molecular weight excluding hydrogens is 273 g/mol.